The zero-order chi connectivity index (χ0) is 42.9. The number of hydrogen-bond acceptors (Lipinski definition) is 12. The van der Waals surface area contributed by atoms with E-state index in [1.54, 1.807) is 0 Å². The van der Waals surface area contributed by atoms with Gasteiger partial charge in [0.2, 0.25) is 0 Å². The third-order valence-corrected chi connectivity index (χ3v) is 11.2. The first-order valence-electron chi connectivity index (χ1n) is 22.3. The molecule has 13 nitrogen and oxygen atoms in total. The van der Waals surface area contributed by atoms with Crippen molar-refractivity contribution < 1.29 is 63.1 Å². The molecular formula is C44H79O13P. The van der Waals surface area contributed by atoms with Crippen LogP contribution in [0.3, 0.4) is 0 Å². The number of aliphatic hydroxyl groups is 5. The van der Waals surface area contributed by atoms with E-state index in [0.29, 0.717) is 19.3 Å². The standard InChI is InChI=1S/C44H79O13P/c1-3-5-7-9-11-13-15-17-18-19-20-21-23-25-27-29-31-33-38(46)56-36(34-54-37(45)32-30-28-26-24-22-16-14-12-10-8-6-4-2)35-55-58(52,53)57-44-42(50)40(48)39(47)41(49)43(44)51/h17-18,20-21,25,27,36,39-44,47-51H,3-16,19,22-24,26,28-35H2,1-2H3,(H,52,53)/b18-17+,21-20+,27-25+/t36-,39?,40-,41?,42?,43?,44?/m1/s1. The number of esters is 2. The van der Waals surface area contributed by atoms with Crippen LogP contribution in [-0.2, 0) is 32.7 Å². The van der Waals surface area contributed by atoms with Crippen LogP contribution in [0.15, 0.2) is 36.5 Å². The van der Waals surface area contributed by atoms with Crippen LogP contribution in [0.2, 0.25) is 0 Å². The SMILES string of the molecule is CCCCCCCC/C=C/C/C=C/C/C=C/CCCC(=O)O[C@H](COC(=O)CCCCCCCCCCCCCC)COP(=O)(O)OC1C(O)C(O)C(O)[C@@H](O)C1O. The van der Waals surface area contributed by atoms with E-state index in [9.17, 15) is 44.6 Å². The smallest absolute Gasteiger partial charge is 0.462 e. The second kappa shape index (κ2) is 34.7. The zero-order valence-electron chi connectivity index (χ0n) is 35.6. The summed E-state index contributed by atoms with van der Waals surface area (Å²) in [5.41, 5.74) is 0. The maximum absolute atomic E-state index is 12.8. The number of ether oxygens (including phenoxy) is 2. The summed E-state index contributed by atoms with van der Waals surface area (Å²) in [6.07, 6.45) is 25.0. The molecule has 8 atom stereocenters. The molecule has 6 unspecified atom stereocenters. The average molecular weight is 847 g/mol. The lowest BCUT2D eigenvalue weighted by Gasteiger charge is -2.41. The molecule has 0 aromatic carbocycles. The predicted octanol–water partition coefficient (Wildman–Crippen LogP) is 8.22. The van der Waals surface area contributed by atoms with Crippen molar-refractivity contribution in [2.45, 2.75) is 217 Å². The van der Waals surface area contributed by atoms with E-state index in [4.69, 9.17) is 18.5 Å². The highest BCUT2D eigenvalue weighted by molar-refractivity contribution is 7.47. The summed E-state index contributed by atoms with van der Waals surface area (Å²) in [7, 11) is -5.13. The molecule has 0 bridgehead atoms. The molecule has 0 heterocycles. The van der Waals surface area contributed by atoms with Gasteiger partial charge in [-0.1, -0.05) is 153 Å². The Bertz CT molecular complexity index is 1160. The van der Waals surface area contributed by atoms with Crippen molar-refractivity contribution in [3.63, 3.8) is 0 Å². The lowest BCUT2D eigenvalue weighted by molar-refractivity contribution is -0.220. The van der Waals surface area contributed by atoms with Crippen LogP contribution in [0, 0.1) is 0 Å². The van der Waals surface area contributed by atoms with E-state index >= 15 is 0 Å². The molecule has 1 rings (SSSR count). The van der Waals surface area contributed by atoms with Gasteiger partial charge >= 0.3 is 19.8 Å². The van der Waals surface area contributed by atoms with Gasteiger partial charge in [-0.25, -0.2) is 4.57 Å². The van der Waals surface area contributed by atoms with Crippen molar-refractivity contribution in [1.29, 1.82) is 0 Å². The fraction of sp³-hybridized carbons (Fsp3) is 0.818. The molecule has 0 radical (unpaired) electrons. The quantitative estimate of drug-likeness (QED) is 0.0152. The zero-order valence-corrected chi connectivity index (χ0v) is 36.5. The van der Waals surface area contributed by atoms with Crippen LogP contribution in [0.5, 0.6) is 0 Å². The highest BCUT2D eigenvalue weighted by Crippen LogP contribution is 2.47. The van der Waals surface area contributed by atoms with Crippen LogP contribution >= 0.6 is 7.82 Å². The molecule has 0 saturated heterocycles. The predicted molar refractivity (Wildman–Crippen MR) is 226 cm³/mol. The van der Waals surface area contributed by atoms with Crippen LogP contribution in [0.25, 0.3) is 0 Å². The molecule has 1 saturated carbocycles. The molecule has 1 aliphatic rings. The second-order valence-electron chi connectivity index (χ2n) is 15.6. The van der Waals surface area contributed by atoms with E-state index in [1.807, 2.05) is 12.2 Å². The lowest BCUT2D eigenvalue weighted by Crippen LogP contribution is -2.64. The number of phosphoric ester groups is 1. The monoisotopic (exact) mass is 847 g/mol. The minimum absolute atomic E-state index is 0.0265. The summed E-state index contributed by atoms with van der Waals surface area (Å²) in [5.74, 6) is -1.16. The maximum Gasteiger partial charge on any atom is 0.472 e. The number of hydrogen-bond donors (Lipinski definition) is 6. The Morgan fingerprint density at radius 2 is 0.948 bits per heavy atom. The Hall–Kier alpha value is -1.93. The third kappa shape index (κ3) is 27.0. The molecule has 338 valence electrons. The summed E-state index contributed by atoms with van der Waals surface area (Å²) in [4.78, 5) is 35.6. The third-order valence-electron chi connectivity index (χ3n) is 10.2. The Kier molecular flexibility index (Phi) is 32.4. The van der Waals surface area contributed by atoms with E-state index < -0.39 is 75.7 Å². The topological polar surface area (TPSA) is 210 Å². The van der Waals surface area contributed by atoms with Gasteiger partial charge in [-0.2, -0.15) is 0 Å². The largest absolute Gasteiger partial charge is 0.472 e. The molecule has 14 heteroatoms. The van der Waals surface area contributed by atoms with Crippen molar-refractivity contribution in [3.8, 4) is 0 Å². The molecule has 0 aliphatic heterocycles. The van der Waals surface area contributed by atoms with Gasteiger partial charge in [0, 0.05) is 12.8 Å². The summed E-state index contributed by atoms with van der Waals surface area (Å²) < 4.78 is 33.4. The highest BCUT2D eigenvalue weighted by Gasteiger charge is 2.51. The lowest BCUT2D eigenvalue weighted by atomic mass is 9.85. The van der Waals surface area contributed by atoms with Crippen molar-refractivity contribution in [2.24, 2.45) is 0 Å². The summed E-state index contributed by atoms with van der Waals surface area (Å²) in [5, 5.41) is 50.1. The number of allylic oxidation sites excluding steroid dienone is 6. The van der Waals surface area contributed by atoms with Gasteiger partial charge in [0.15, 0.2) is 6.10 Å². The van der Waals surface area contributed by atoms with Gasteiger partial charge in [-0.15, -0.1) is 0 Å². The first-order chi connectivity index (χ1) is 27.9. The minimum Gasteiger partial charge on any atom is -0.462 e. The molecule has 0 amide bonds. The van der Waals surface area contributed by atoms with Gasteiger partial charge in [0.05, 0.1) is 6.61 Å². The van der Waals surface area contributed by atoms with Crippen molar-refractivity contribution in [3.05, 3.63) is 36.5 Å². The molecule has 1 fully saturated rings. The minimum atomic E-state index is -5.13. The molecular weight excluding hydrogens is 767 g/mol. The van der Waals surface area contributed by atoms with E-state index in [1.165, 1.54) is 89.9 Å². The summed E-state index contributed by atoms with van der Waals surface area (Å²) in [6.45, 7) is 3.24. The fourth-order valence-corrected chi connectivity index (χ4v) is 7.57. The average Bonchev–Trinajstić information content (AvgIpc) is 3.20. The molecule has 58 heavy (non-hydrogen) atoms. The summed E-state index contributed by atoms with van der Waals surface area (Å²) in [6, 6.07) is 0. The van der Waals surface area contributed by atoms with Crippen molar-refractivity contribution >= 4 is 19.8 Å². The highest BCUT2D eigenvalue weighted by atomic mass is 31.2. The van der Waals surface area contributed by atoms with Crippen molar-refractivity contribution in [2.75, 3.05) is 13.2 Å². The Morgan fingerprint density at radius 1 is 0.534 bits per heavy atom. The van der Waals surface area contributed by atoms with Gasteiger partial charge < -0.3 is 39.9 Å². The van der Waals surface area contributed by atoms with Crippen LogP contribution in [0.1, 0.15) is 174 Å². The normalized spacial score (nSPS) is 22.8. The number of rotatable bonds is 36. The van der Waals surface area contributed by atoms with Crippen molar-refractivity contribution in [1.82, 2.24) is 0 Å². The Balaban J connectivity index is 2.52. The number of unbranched alkanes of at least 4 members (excludes halogenated alkanes) is 18. The first-order valence-corrected chi connectivity index (χ1v) is 23.8. The molecule has 0 spiro atoms. The number of aliphatic hydroxyl groups excluding tert-OH is 5. The second-order valence-corrected chi connectivity index (χ2v) is 17.0. The maximum atomic E-state index is 12.8. The molecule has 6 N–H and O–H groups in total. The number of carbonyl (C=O) groups excluding carboxylic acids is 2. The number of phosphoric acid groups is 1. The van der Waals surface area contributed by atoms with Gasteiger partial charge in [-0.05, 0) is 44.9 Å². The Morgan fingerprint density at radius 3 is 1.47 bits per heavy atom. The van der Waals surface area contributed by atoms with E-state index in [-0.39, 0.29) is 12.8 Å². The van der Waals surface area contributed by atoms with Gasteiger partial charge in [-0.3, -0.25) is 18.6 Å². The van der Waals surface area contributed by atoms with Crippen LogP contribution in [0.4, 0.5) is 0 Å². The summed E-state index contributed by atoms with van der Waals surface area (Å²) >= 11 is 0. The van der Waals surface area contributed by atoms with Gasteiger partial charge in [0.1, 0.15) is 43.2 Å². The van der Waals surface area contributed by atoms with E-state index in [2.05, 4.69) is 38.2 Å². The van der Waals surface area contributed by atoms with Crippen LogP contribution < -0.4 is 0 Å². The Labute approximate surface area is 348 Å². The molecule has 0 aromatic rings. The first kappa shape index (κ1) is 54.1. The van der Waals surface area contributed by atoms with E-state index in [0.717, 1.165) is 38.5 Å². The number of carbonyl (C=O) groups is 2. The molecule has 0 aromatic heterocycles. The van der Waals surface area contributed by atoms with Gasteiger partial charge in [0.25, 0.3) is 0 Å². The fourth-order valence-electron chi connectivity index (χ4n) is 6.60. The molecule has 1 aliphatic carbocycles. The van der Waals surface area contributed by atoms with Crippen LogP contribution in [-0.4, -0.2) is 98.3 Å².